The van der Waals surface area contributed by atoms with Crippen molar-refractivity contribution in [3.63, 3.8) is 0 Å². The van der Waals surface area contributed by atoms with Crippen molar-refractivity contribution >= 4 is 17.7 Å². The van der Waals surface area contributed by atoms with E-state index in [0.29, 0.717) is 35.6 Å². The van der Waals surface area contributed by atoms with E-state index >= 15 is 0 Å². The Morgan fingerprint density at radius 3 is 2.65 bits per heavy atom. The van der Waals surface area contributed by atoms with Crippen molar-refractivity contribution in [1.29, 1.82) is 0 Å². The topological polar surface area (TPSA) is 81.9 Å². The van der Waals surface area contributed by atoms with Crippen LogP contribution in [0.25, 0.3) is 17.1 Å². The van der Waals surface area contributed by atoms with Gasteiger partial charge in [-0.05, 0) is 36.8 Å². The molecule has 0 aliphatic carbocycles. The summed E-state index contributed by atoms with van der Waals surface area (Å²) in [6.45, 7) is 2.89. The molecule has 0 unspecified atom stereocenters. The first-order valence-electron chi connectivity index (χ1n) is 10.9. The van der Waals surface area contributed by atoms with Gasteiger partial charge in [-0.25, -0.2) is 9.37 Å². The molecule has 4 rings (SSSR count). The van der Waals surface area contributed by atoms with Crippen LogP contribution in [-0.2, 0) is 11.3 Å². The number of pyridine rings is 1. The average Bonchev–Trinajstić information content (AvgIpc) is 3.30. The van der Waals surface area contributed by atoms with Gasteiger partial charge >= 0.3 is 0 Å². The molecule has 0 aliphatic rings. The van der Waals surface area contributed by atoms with E-state index in [1.54, 1.807) is 29.0 Å². The summed E-state index contributed by atoms with van der Waals surface area (Å²) in [5.74, 6) is 0.452. The number of carbonyl (C=O) groups is 1. The Labute approximate surface area is 201 Å². The quantitative estimate of drug-likeness (QED) is 0.335. The number of nitrogens with one attached hydrogen (secondary N) is 1. The van der Waals surface area contributed by atoms with Crippen LogP contribution in [0.2, 0.25) is 0 Å². The SMILES string of the molecule is CCCOc1ncccc1CNC(=O)CSc1nnc(-c2ccccc2F)n1-c1ccccc1. The van der Waals surface area contributed by atoms with E-state index in [1.807, 2.05) is 49.4 Å². The summed E-state index contributed by atoms with van der Waals surface area (Å²) in [7, 11) is 0. The van der Waals surface area contributed by atoms with Crippen LogP contribution >= 0.6 is 11.8 Å². The first-order valence-corrected chi connectivity index (χ1v) is 11.9. The molecular weight excluding hydrogens is 453 g/mol. The lowest BCUT2D eigenvalue weighted by Gasteiger charge is -2.12. The summed E-state index contributed by atoms with van der Waals surface area (Å²) in [5.41, 5.74) is 1.93. The molecule has 2 aromatic heterocycles. The lowest BCUT2D eigenvalue weighted by atomic mass is 10.2. The lowest BCUT2D eigenvalue weighted by Crippen LogP contribution is -2.25. The Bertz CT molecular complexity index is 1250. The smallest absolute Gasteiger partial charge is 0.230 e. The summed E-state index contributed by atoms with van der Waals surface area (Å²) in [4.78, 5) is 16.8. The van der Waals surface area contributed by atoms with E-state index in [1.165, 1.54) is 17.8 Å². The zero-order valence-corrected chi connectivity index (χ0v) is 19.5. The molecule has 0 saturated carbocycles. The van der Waals surface area contributed by atoms with Gasteiger partial charge in [-0.3, -0.25) is 9.36 Å². The molecule has 2 aromatic carbocycles. The summed E-state index contributed by atoms with van der Waals surface area (Å²) < 4.78 is 21.9. The molecule has 1 N–H and O–H groups in total. The minimum atomic E-state index is -0.390. The number of amides is 1. The van der Waals surface area contributed by atoms with Crippen molar-refractivity contribution in [2.24, 2.45) is 0 Å². The Morgan fingerprint density at radius 1 is 1.06 bits per heavy atom. The van der Waals surface area contributed by atoms with Crippen molar-refractivity contribution in [3.8, 4) is 23.0 Å². The number of thioether (sulfide) groups is 1. The summed E-state index contributed by atoms with van der Waals surface area (Å²) in [6, 6.07) is 19.5. The van der Waals surface area contributed by atoms with E-state index in [-0.39, 0.29) is 17.5 Å². The van der Waals surface area contributed by atoms with Crippen LogP contribution in [0.1, 0.15) is 18.9 Å². The molecule has 0 saturated heterocycles. The highest BCUT2D eigenvalue weighted by Crippen LogP contribution is 2.29. The van der Waals surface area contributed by atoms with Gasteiger partial charge in [0.15, 0.2) is 11.0 Å². The van der Waals surface area contributed by atoms with Gasteiger partial charge in [-0.2, -0.15) is 0 Å². The van der Waals surface area contributed by atoms with Gasteiger partial charge in [0.05, 0.1) is 17.9 Å². The fraction of sp³-hybridized carbons (Fsp3) is 0.200. The summed E-state index contributed by atoms with van der Waals surface area (Å²) in [6.07, 6.45) is 2.53. The van der Waals surface area contributed by atoms with E-state index in [0.717, 1.165) is 17.7 Å². The second kappa shape index (κ2) is 11.4. The maximum absolute atomic E-state index is 14.5. The molecule has 0 spiro atoms. The predicted octanol–water partition coefficient (Wildman–Crippen LogP) is 4.67. The first-order chi connectivity index (χ1) is 16.7. The van der Waals surface area contributed by atoms with E-state index in [4.69, 9.17) is 4.74 Å². The first kappa shape index (κ1) is 23.4. The predicted molar refractivity (Wildman–Crippen MR) is 129 cm³/mol. The number of benzene rings is 2. The second-order valence-corrected chi connectivity index (χ2v) is 8.28. The molecule has 1 amide bonds. The van der Waals surface area contributed by atoms with Gasteiger partial charge in [0.2, 0.25) is 11.8 Å². The third-order valence-corrected chi connectivity index (χ3v) is 5.79. The Balaban J connectivity index is 1.48. The van der Waals surface area contributed by atoms with E-state index < -0.39 is 0 Å². The molecule has 4 aromatic rings. The molecular formula is C25H24FN5O2S. The van der Waals surface area contributed by atoms with Gasteiger partial charge in [-0.1, -0.05) is 55.1 Å². The van der Waals surface area contributed by atoms with Gasteiger partial charge in [-0.15, -0.1) is 10.2 Å². The third kappa shape index (κ3) is 5.60. The van der Waals surface area contributed by atoms with Gasteiger partial charge in [0.25, 0.3) is 0 Å². The number of nitrogens with zero attached hydrogens (tertiary/aromatic N) is 4. The van der Waals surface area contributed by atoms with Crippen LogP contribution in [0.3, 0.4) is 0 Å². The molecule has 0 aliphatic heterocycles. The van der Waals surface area contributed by atoms with Crippen LogP contribution in [0, 0.1) is 5.82 Å². The van der Waals surface area contributed by atoms with Crippen LogP contribution < -0.4 is 10.1 Å². The van der Waals surface area contributed by atoms with Crippen LogP contribution in [0.15, 0.2) is 78.1 Å². The minimum Gasteiger partial charge on any atom is -0.477 e. The number of para-hydroxylation sites is 1. The molecule has 174 valence electrons. The number of ether oxygens (including phenoxy) is 1. The zero-order chi connectivity index (χ0) is 23.8. The number of hydrogen-bond donors (Lipinski definition) is 1. The van der Waals surface area contributed by atoms with Gasteiger partial charge < -0.3 is 10.1 Å². The van der Waals surface area contributed by atoms with Crippen molar-refractivity contribution in [1.82, 2.24) is 25.1 Å². The Morgan fingerprint density at radius 2 is 1.85 bits per heavy atom. The van der Waals surface area contributed by atoms with Crippen molar-refractivity contribution in [3.05, 3.63) is 84.3 Å². The number of rotatable bonds is 10. The van der Waals surface area contributed by atoms with Crippen molar-refractivity contribution < 1.29 is 13.9 Å². The van der Waals surface area contributed by atoms with Crippen molar-refractivity contribution in [2.45, 2.75) is 25.0 Å². The maximum Gasteiger partial charge on any atom is 0.230 e. The largest absolute Gasteiger partial charge is 0.477 e. The molecule has 0 radical (unpaired) electrons. The van der Waals surface area contributed by atoms with Crippen molar-refractivity contribution in [2.75, 3.05) is 12.4 Å². The highest BCUT2D eigenvalue weighted by molar-refractivity contribution is 7.99. The van der Waals surface area contributed by atoms with Crippen LogP contribution in [0.4, 0.5) is 4.39 Å². The highest BCUT2D eigenvalue weighted by Gasteiger charge is 2.19. The molecule has 9 heteroatoms. The van der Waals surface area contributed by atoms with Gasteiger partial charge in [0, 0.05) is 24.0 Å². The normalized spacial score (nSPS) is 10.8. The standard InChI is InChI=1S/C25H24FN5O2S/c1-2-15-33-24-18(9-8-14-27-24)16-28-22(32)17-34-25-30-29-23(20-12-6-7-13-21(20)26)31(25)19-10-4-3-5-11-19/h3-14H,2,15-17H2,1H3,(H,28,32). The zero-order valence-electron chi connectivity index (χ0n) is 18.6. The summed E-state index contributed by atoms with van der Waals surface area (Å²) in [5, 5.41) is 11.9. The van der Waals surface area contributed by atoms with E-state index in [2.05, 4.69) is 20.5 Å². The number of carbonyl (C=O) groups excluding carboxylic acids is 1. The Kier molecular flexibility index (Phi) is 7.87. The minimum absolute atomic E-state index is 0.119. The number of aromatic nitrogens is 4. The van der Waals surface area contributed by atoms with E-state index in [9.17, 15) is 9.18 Å². The fourth-order valence-electron chi connectivity index (χ4n) is 3.25. The number of halogens is 1. The van der Waals surface area contributed by atoms with Crippen LogP contribution in [-0.4, -0.2) is 38.0 Å². The lowest BCUT2D eigenvalue weighted by molar-refractivity contribution is -0.118. The average molecular weight is 478 g/mol. The molecule has 2 heterocycles. The number of hydrogen-bond acceptors (Lipinski definition) is 6. The monoisotopic (exact) mass is 477 g/mol. The highest BCUT2D eigenvalue weighted by atomic mass is 32.2. The molecule has 0 fully saturated rings. The molecule has 34 heavy (non-hydrogen) atoms. The fourth-order valence-corrected chi connectivity index (χ4v) is 4.03. The van der Waals surface area contributed by atoms with Crippen LogP contribution in [0.5, 0.6) is 5.88 Å². The van der Waals surface area contributed by atoms with Gasteiger partial charge in [0.1, 0.15) is 5.82 Å². The molecule has 0 bridgehead atoms. The Hall–Kier alpha value is -3.72. The molecule has 0 atom stereocenters. The molecule has 7 nitrogen and oxygen atoms in total. The summed E-state index contributed by atoms with van der Waals surface area (Å²) >= 11 is 1.23. The maximum atomic E-state index is 14.5. The second-order valence-electron chi connectivity index (χ2n) is 7.34. The third-order valence-electron chi connectivity index (χ3n) is 4.86.